The van der Waals surface area contributed by atoms with E-state index in [1.54, 1.807) is 19.1 Å². The molecule has 0 saturated carbocycles. The highest BCUT2D eigenvalue weighted by Crippen LogP contribution is 2.31. The van der Waals surface area contributed by atoms with E-state index in [9.17, 15) is 4.79 Å². The van der Waals surface area contributed by atoms with E-state index in [0.717, 1.165) is 25.9 Å². The highest BCUT2D eigenvalue weighted by molar-refractivity contribution is 6.33. The van der Waals surface area contributed by atoms with Crippen LogP contribution in [0, 0.1) is 17.8 Å². The van der Waals surface area contributed by atoms with Gasteiger partial charge in [-0.1, -0.05) is 17.5 Å². The van der Waals surface area contributed by atoms with Gasteiger partial charge in [-0.15, -0.1) is 18.3 Å². The summed E-state index contributed by atoms with van der Waals surface area (Å²) in [5, 5.41) is 3.55. The molecule has 3 rings (SSSR count). The van der Waals surface area contributed by atoms with E-state index >= 15 is 0 Å². The van der Waals surface area contributed by atoms with Crippen LogP contribution in [0.25, 0.3) is 0 Å². The third-order valence-corrected chi connectivity index (χ3v) is 5.51. The highest BCUT2D eigenvalue weighted by Gasteiger charge is 2.33. The molecular formula is C20H27Cl2N3O2. The molecule has 2 saturated heterocycles. The van der Waals surface area contributed by atoms with Crippen LogP contribution in [0.4, 0.5) is 5.69 Å². The van der Waals surface area contributed by atoms with Crippen molar-refractivity contribution in [2.75, 3.05) is 25.4 Å². The van der Waals surface area contributed by atoms with Crippen molar-refractivity contribution in [2.24, 2.45) is 5.92 Å². The normalized spacial score (nSPS) is 24.6. The summed E-state index contributed by atoms with van der Waals surface area (Å²) in [4.78, 5) is 15.4. The van der Waals surface area contributed by atoms with Crippen LogP contribution < -0.4 is 15.8 Å². The lowest BCUT2D eigenvalue weighted by atomic mass is 9.85. The smallest absolute Gasteiger partial charge is 0.255 e. The zero-order valence-electron chi connectivity index (χ0n) is 15.8. The van der Waals surface area contributed by atoms with Crippen molar-refractivity contribution in [1.82, 2.24) is 10.2 Å². The summed E-state index contributed by atoms with van der Waals surface area (Å²) in [6.07, 6.45) is 3.00. The number of nitrogen functional groups attached to an aromatic ring is 1. The molecule has 5 nitrogen and oxygen atoms in total. The Kier molecular flexibility index (Phi) is 7.67. The zero-order valence-corrected chi connectivity index (χ0v) is 17.3. The number of ether oxygens (including phenoxy) is 1. The van der Waals surface area contributed by atoms with Gasteiger partial charge in [-0.25, -0.2) is 0 Å². The molecule has 3 N–H and O–H groups in total. The van der Waals surface area contributed by atoms with Crippen LogP contribution in [0.5, 0.6) is 5.75 Å². The van der Waals surface area contributed by atoms with Crippen molar-refractivity contribution >= 4 is 35.6 Å². The first-order valence-electron chi connectivity index (χ1n) is 9.19. The zero-order chi connectivity index (χ0) is 18.7. The molecule has 2 bridgehead atoms. The van der Waals surface area contributed by atoms with E-state index in [4.69, 9.17) is 22.1 Å². The Labute approximate surface area is 172 Å². The van der Waals surface area contributed by atoms with Crippen molar-refractivity contribution in [1.29, 1.82) is 0 Å². The second kappa shape index (κ2) is 9.54. The van der Waals surface area contributed by atoms with Gasteiger partial charge < -0.3 is 20.7 Å². The molecule has 7 heteroatoms. The van der Waals surface area contributed by atoms with Crippen LogP contribution in [-0.4, -0.2) is 42.6 Å². The van der Waals surface area contributed by atoms with Crippen LogP contribution >= 0.6 is 24.0 Å². The van der Waals surface area contributed by atoms with E-state index in [1.807, 2.05) is 6.92 Å². The predicted octanol–water partition coefficient (Wildman–Crippen LogP) is 3.35. The minimum absolute atomic E-state index is 0. The van der Waals surface area contributed by atoms with Crippen LogP contribution in [0.15, 0.2) is 12.1 Å². The van der Waals surface area contributed by atoms with Gasteiger partial charge in [0.25, 0.3) is 5.91 Å². The molecule has 2 fully saturated rings. The summed E-state index contributed by atoms with van der Waals surface area (Å²) in [6, 6.07) is 3.38. The number of fused-ring (bicyclic) bond motifs is 2. The fourth-order valence-corrected chi connectivity index (χ4v) is 4.05. The van der Waals surface area contributed by atoms with E-state index in [1.165, 1.54) is 13.0 Å². The van der Waals surface area contributed by atoms with Crippen molar-refractivity contribution in [3.8, 4) is 17.6 Å². The molecule has 2 aliphatic rings. The van der Waals surface area contributed by atoms with Gasteiger partial charge in [-0.2, -0.15) is 0 Å². The molecule has 0 spiro atoms. The molecule has 2 unspecified atom stereocenters. The molecule has 4 atom stereocenters. The van der Waals surface area contributed by atoms with Gasteiger partial charge >= 0.3 is 0 Å². The molecule has 1 aromatic carbocycles. The molecule has 2 aliphatic heterocycles. The number of nitrogens with zero attached hydrogens (tertiary/aromatic N) is 1. The standard InChI is InChI=1S/C20H26ClN3O2.ClH/c1-3-5-13(2)26-19-11-17(22)16(21)10-15(19)20(25)23-18-7-9-24-8-4-6-14(18)12-24;/h10-11,13-14,18H,4,6-9,12,22H2,1-2H3,(H,23,25);1H/t13-,14?,18+;/m0./s1. The number of halogens is 2. The molecule has 0 radical (unpaired) electrons. The van der Waals surface area contributed by atoms with Crippen LogP contribution in [0.3, 0.4) is 0 Å². The summed E-state index contributed by atoms with van der Waals surface area (Å²) >= 11 is 6.16. The Hall–Kier alpha value is -1.61. The number of hydrogen-bond acceptors (Lipinski definition) is 4. The molecule has 1 aromatic rings. The quantitative estimate of drug-likeness (QED) is 0.588. The molecule has 148 valence electrons. The van der Waals surface area contributed by atoms with Gasteiger partial charge in [0.05, 0.1) is 16.3 Å². The third-order valence-electron chi connectivity index (χ3n) is 5.18. The fraction of sp³-hybridized carbons (Fsp3) is 0.550. The molecule has 0 aliphatic carbocycles. The summed E-state index contributed by atoms with van der Waals surface area (Å²) in [5.74, 6) is 6.50. The number of nitrogens with one attached hydrogen (secondary N) is 1. The first-order valence-corrected chi connectivity index (χ1v) is 9.57. The van der Waals surface area contributed by atoms with Crippen molar-refractivity contribution in [3.05, 3.63) is 22.7 Å². The first kappa shape index (κ1) is 21.7. The first-order chi connectivity index (χ1) is 12.5. The number of carbonyl (C=O) groups is 1. The Morgan fingerprint density at radius 2 is 2.19 bits per heavy atom. The molecule has 0 aromatic heterocycles. The Morgan fingerprint density at radius 3 is 2.93 bits per heavy atom. The van der Waals surface area contributed by atoms with Crippen molar-refractivity contribution in [2.45, 2.75) is 45.3 Å². The third kappa shape index (κ3) is 5.22. The number of anilines is 1. The molecule has 1 amide bonds. The summed E-state index contributed by atoms with van der Waals surface area (Å²) in [7, 11) is 0. The second-order valence-electron chi connectivity index (χ2n) is 7.10. The maximum Gasteiger partial charge on any atom is 0.255 e. The predicted molar refractivity (Wildman–Crippen MR) is 112 cm³/mol. The van der Waals surface area contributed by atoms with Gasteiger partial charge in [0.1, 0.15) is 5.75 Å². The van der Waals surface area contributed by atoms with Crippen LogP contribution in [0.1, 0.15) is 43.5 Å². The van der Waals surface area contributed by atoms with Gasteiger partial charge in [0.2, 0.25) is 0 Å². The largest absolute Gasteiger partial charge is 0.477 e. The van der Waals surface area contributed by atoms with Crippen molar-refractivity contribution < 1.29 is 9.53 Å². The monoisotopic (exact) mass is 411 g/mol. The Bertz CT molecular complexity index is 745. The lowest BCUT2D eigenvalue weighted by Gasteiger charge is -2.42. The molecular weight excluding hydrogens is 385 g/mol. The van der Waals surface area contributed by atoms with Crippen molar-refractivity contribution in [3.63, 3.8) is 0 Å². The highest BCUT2D eigenvalue weighted by atomic mass is 35.5. The number of nitrogens with two attached hydrogens (primary N) is 1. The van der Waals surface area contributed by atoms with E-state index in [2.05, 4.69) is 22.1 Å². The van der Waals surface area contributed by atoms with E-state index in [-0.39, 0.29) is 30.5 Å². The van der Waals surface area contributed by atoms with Crippen LogP contribution in [0.2, 0.25) is 5.02 Å². The van der Waals surface area contributed by atoms with Gasteiger partial charge in [-0.3, -0.25) is 4.79 Å². The average Bonchev–Trinajstić information content (AvgIpc) is 2.61. The maximum absolute atomic E-state index is 13.0. The second-order valence-corrected chi connectivity index (χ2v) is 7.50. The summed E-state index contributed by atoms with van der Waals surface area (Å²) in [5.41, 5.74) is 6.70. The Balaban J connectivity index is 0.00000261. The van der Waals surface area contributed by atoms with Gasteiger partial charge in [-0.05, 0) is 51.6 Å². The lowest BCUT2D eigenvalue weighted by Crippen LogP contribution is -2.53. The average molecular weight is 412 g/mol. The number of hydrogen-bond donors (Lipinski definition) is 2. The Morgan fingerprint density at radius 1 is 1.41 bits per heavy atom. The number of amides is 1. The summed E-state index contributed by atoms with van der Waals surface area (Å²) < 4.78 is 5.83. The van der Waals surface area contributed by atoms with E-state index in [0.29, 0.717) is 27.9 Å². The topological polar surface area (TPSA) is 67.6 Å². The fourth-order valence-electron chi connectivity index (χ4n) is 3.88. The minimum Gasteiger partial charge on any atom is -0.477 e. The van der Waals surface area contributed by atoms with Gasteiger partial charge in [0, 0.05) is 25.2 Å². The molecule has 2 heterocycles. The maximum atomic E-state index is 13.0. The number of carbonyl (C=O) groups excluding carboxylic acids is 1. The number of rotatable bonds is 4. The minimum atomic E-state index is -0.339. The van der Waals surface area contributed by atoms with Gasteiger partial charge in [0.15, 0.2) is 6.10 Å². The lowest BCUT2D eigenvalue weighted by molar-refractivity contribution is 0.0736. The number of benzene rings is 1. The number of piperidine rings is 2. The molecule has 27 heavy (non-hydrogen) atoms. The SMILES string of the molecule is CC#C[C@H](C)Oc1cc(N)c(Cl)cc1C(=O)N[C@@H]1CCN2CCCC1C2.Cl. The van der Waals surface area contributed by atoms with Crippen LogP contribution in [-0.2, 0) is 0 Å². The summed E-state index contributed by atoms with van der Waals surface area (Å²) in [6.45, 7) is 6.87. The van der Waals surface area contributed by atoms with E-state index < -0.39 is 0 Å².